The van der Waals surface area contributed by atoms with Gasteiger partial charge in [-0.3, -0.25) is 0 Å². The zero-order chi connectivity index (χ0) is 17.5. The molecule has 2 rings (SSSR count). The predicted molar refractivity (Wildman–Crippen MR) is 107 cm³/mol. The summed E-state index contributed by atoms with van der Waals surface area (Å²) in [5.74, 6) is 4.17. The fraction of sp³-hybridized carbons (Fsp3) is 1.00. The van der Waals surface area contributed by atoms with Crippen LogP contribution in [-0.2, 0) is 0 Å². The van der Waals surface area contributed by atoms with Gasteiger partial charge >= 0.3 is 0 Å². The molecule has 0 radical (unpaired) electrons. The highest BCUT2D eigenvalue weighted by Crippen LogP contribution is 2.35. The maximum absolute atomic E-state index is 10.7. The molecule has 0 bridgehead atoms. The number of likely N-dealkylation sites (N-methyl/N-ethyl adjacent to an activating group) is 2. The van der Waals surface area contributed by atoms with Gasteiger partial charge in [-0.25, -0.2) is 0 Å². The van der Waals surface area contributed by atoms with E-state index in [2.05, 4.69) is 10.6 Å². The smallest absolute Gasteiger partial charge is 0.0808 e. The summed E-state index contributed by atoms with van der Waals surface area (Å²) in [5, 5.41) is 28.0. The Balaban J connectivity index is 1.60. The van der Waals surface area contributed by atoms with Gasteiger partial charge in [0, 0.05) is 35.1 Å². The fourth-order valence-electron chi connectivity index (χ4n) is 4.21. The van der Waals surface area contributed by atoms with Crippen LogP contribution in [0.3, 0.4) is 0 Å². The van der Waals surface area contributed by atoms with Gasteiger partial charge in [-0.05, 0) is 39.8 Å². The number of hydrogen-bond donors (Lipinski definition) is 4. The number of thioether (sulfide) groups is 2. The molecule has 142 valence electrons. The summed E-state index contributed by atoms with van der Waals surface area (Å²) in [6, 6.07) is 0.415. The first kappa shape index (κ1) is 20.8. The van der Waals surface area contributed by atoms with Crippen LogP contribution < -0.4 is 10.6 Å². The Kier molecular flexibility index (Phi) is 8.71. The van der Waals surface area contributed by atoms with Gasteiger partial charge in [0.25, 0.3) is 0 Å². The first-order valence-electron chi connectivity index (χ1n) is 9.49. The normalized spacial score (nSPS) is 25.0. The molecule has 0 aromatic heterocycles. The summed E-state index contributed by atoms with van der Waals surface area (Å²) in [7, 11) is 3.94. The molecular formula is C18H36N2O2S2. The van der Waals surface area contributed by atoms with Crippen LogP contribution in [0.5, 0.6) is 0 Å². The zero-order valence-electron chi connectivity index (χ0n) is 15.4. The van der Waals surface area contributed by atoms with Crippen molar-refractivity contribution in [2.24, 2.45) is 0 Å². The number of aliphatic hydroxyl groups is 2. The topological polar surface area (TPSA) is 64.5 Å². The number of nitrogens with one attached hydrogen (secondary N) is 2. The molecule has 24 heavy (non-hydrogen) atoms. The molecule has 2 aliphatic rings. The molecule has 0 aliphatic heterocycles. The average molecular weight is 377 g/mol. The lowest BCUT2D eigenvalue weighted by atomic mass is 9.94. The van der Waals surface area contributed by atoms with Gasteiger partial charge in [-0.2, -0.15) is 23.5 Å². The van der Waals surface area contributed by atoms with Crippen molar-refractivity contribution in [2.45, 2.75) is 74.7 Å². The van der Waals surface area contributed by atoms with Gasteiger partial charge in [0.2, 0.25) is 0 Å². The Morgan fingerprint density at radius 1 is 0.750 bits per heavy atom. The van der Waals surface area contributed by atoms with Crippen LogP contribution in [0.15, 0.2) is 0 Å². The third kappa shape index (κ3) is 5.52. The molecular weight excluding hydrogens is 340 g/mol. The monoisotopic (exact) mass is 376 g/mol. The molecule has 0 spiro atoms. The second-order valence-corrected chi connectivity index (χ2v) is 9.75. The lowest BCUT2D eigenvalue weighted by Gasteiger charge is -2.32. The molecule has 0 aromatic rings. The summed E-state index contributed by atoms with van der Waals surface area (Å²) in [5.41, 5.74) is -0.976. The molecule has 0 amide bonds. The molecule has 0 unspecified atom stereocenters. The second kappa shape index (κ2) is 10.0. The van der Waals surface area contributed by atoms with E-state index < -0.39 is 11.2 Å². The minimum Gasteiger partial charge on any atom is -0.388 e. The molecule has 0 aromatic carbocycles. The predicted octanol–water partition coefficient (Wildman–Crippen LogP) is 2.24. The van der Waals surface area contributed by atoms with Crippen LogP contribution in [0.1, 0.15) is 51.4 Å². The molecule has 0 heterocycles. The van der Waals surface area contributed by atoms with Crippen LogP contribution >= 0.6 is 23.5 Å². The number of hydrogen-bond acceptors (Lipinski definition) is 6. The Morgan fingerprint density at radius 3 is 1.38 bits per heavy atom. The Labute approximate surface area is 156 Å². The fourth-order valence-corrected chi connectivity index (χ4v) is 6.91. The average Bonchev–Trinajstić information content (AvgIpc) is 3.20. The van der Waals surface area contributed by atoms with Crippen LogP contribution in [0.2, 0.25) is 0 Å². The Bertz CT molecular complexity index is 325. The van der Waals surface area contributed by atoms with Crippen molar-refractivity contribution in [3.8, 4) is 0 Å². The quantitative estimate of drug-likeness (QED) is 0.415. The van der Waals surface area contributed by atoms with Gasteiger partial charge < -0.3 is 20.8 Å². The highest BCUT2D eigenvalue weighted by molar-refractivity contribution is 8.02. The third-order valence-corrected chi connectivity index (χ3v) is 8.26. The van der Waals surface area contributed by atoms with Crippen LogP contribution in [0.25, 0.3) is 0 Å². The van der Waals surface area contributed by atoms with Crippen molar-refractivity contribution in [3.05, 3.63) is 0 Å². The zero-order valence-corrected chi connectivity index (χ0v) is 17.0. The molecule has 2 aliphatic carbocycles. The van der Waals surface area contributed by atoms with Gasteiger partial charge in [-0.1, -0.05) is 25.7 Å². The van der Waals surface area contributed by atoms with E-state index in [1.165, 1.54) is 0 Å². The second-order valence-electron chi connectivity index (χ2n) is 7.45. The highest BCUT2D eigenvalue weighted by Gasteiger charge is 2.39. The summed E-state index contributed by atoms with van der Waals surface area (Å²) >= 11 is 3.87. The highest BCUT2D eigenvalue weighted by atomic mass is 32.2. The lowest BCUT2D eigenvalue weighted by molar-refractivity contribution is 0.0178. The summed E-state index contributed by atoms with van der Waals surface area (Å²) < 4.78 is 0. The molecule has 2 atom stereocenters. The molecule has 2 fully saturated rings. The SMILES string of the molecule is CN[C@@H](CSCCSC[C@H](NC)C1(O)CCCC1)C1(O)CCCC1. The minimum atomic E-state index is -0.488. The summed E-state index contributed by atoms with van der Waals surface area (Å²) in [4.78, 5) is 0. The van der Waals surface area contributed by atoms with E-state index in [9.17, 15) is 10.2 Å². The first-order valence-corrected chi connectivity index (χ1v) is 11.8. The first-order chi connectivity index (χ1) is 11.5. The lowest BCUT2D eigenvalue weighted by Crippen LogP contribution is -2.49. The third-order valence-electron chi connectivity index (χ3n) is 5.87. The minimum absolute atomic E-state index is 0.208. The maximum Gasteiger partial charge on any atom is 0.0808 e. The van der Waals surface area contributed by atoms with E-state index in [0.717, 1.165) is 74.4 Å². The Hall–Kier alpha value is 0.540. The number of rotatable bonds is 11. The largest absolute Gasteiger partial charge is 0.388 e. The molecule has 0 saturated heterocycles. The van der Waals surface area contributed by atoms with E-state index in [4.69, 9.17) is 0 Å². The van der Waals surface area contributed by atoms with Crippen molar-refractivity contribution >= 4 is 23.5 Å². The summed E-state index contributed by atoms with van der Waals surface area (Å²) in [6.45, 7) is 0. The Morgan fingerprint density at radius 2 is 1.08 bits per heavy atom. The van der Waals surface area contributed by atoms with Crippen molar-refractivity contribution in [3.63, 3.8) is 0 Å². The van der Waals surface area contributed by atoms with Crippen molar-refractivity contribution in [1.82, 2.24) is 10.6 Å². The van der Waals surface area contributed by atoms with Gasteiger partial charge in [0.15, 0.2) is 0 Å². The van der Waals surface area contributed by atoms with Crippen LogP contribution in [0.4, 0.5) is 0 Å². The molecule has 6 heteroatoms. The van der Waals surface area contributed by atoms with Gasteiger partial charge in [0.1, 0.15) is 0 Å². The van der Waals surface area contributed by atoms with Crippen molar-refractivity contribution < 1.29 is 10.2 Å². The molecule has 4 N–H and O–H groups in total. The van der Waals surface area contributed by atoms with E-state index in [1.807, 2.05) is 37.6 Å². The van der Waals surface area contributed by atoms with Gasteiger partial charge in [0.05, 0.1) is 11.2 Å². The summed E-state index contributed by atoms with van der Waals surface area (Å²) in [6.07, 6.45) is 8.39. The van der Waals surface area contributed by atoms with E-state index in [1.54, 1.807) is 0 Å². The van der Waals surface area contributed by atoms with E-state index >= 15 is 0 Å². The standard InChI is InChI=1S/C18H36N2O2S2/c1-19-15(17(21)7-3-4-8-17)13-23-11-12-24-14-16(20-2)18(22)9-5-6-10-18/h15-16,19-22H,3-14H2,1-2H3/t15-,16-/m0/s1. The van der Waals surface area contributed by atoms with Crippen LogP contribution in [-0.4, -0.2) is 70.6 Å². The van der Waals surface area contributed by atoms with Crippen molar-refractivity contribution in [1.29, 1.82) is 0 Å². The van der Waals surface area contributed by atoms with Gasteiger partial charge in [-0.15, -0.1) is 0 Å². The molecule has 2 saturated carbocycles. The van der Waals surface area contributed by atoms with Crippen LogP contribution in [0, 0.1) is 0 Å². The maximum atomic E-state index is 10.7. The van der Waals surface area contributed by atoms with E-state index in [0.29, 0.717) is 0 Å². The van der Waals surface area contributed by atoms with E-state index in [-0.39, 0.29) is 12.1 Å². The molecule has 4 nitrogen and oxygen atoms in total. The van der Waals surface area contributed by atoms with Crippen molar-refractivity contribution in [2.75, 3.05) is 37.1 Å².